The van der Waals surface area contributed by atoms with Crippen molar-refractivity contribution in [2.45, 2.75) is 13.2 Å². The molecule has 0 N–H and O–H groups in total. The van der Waals surface area contributed by atoms with E-state index in [0.717, 1.165) is 5.75 Å². The van der Waals surface area contributed by atoms with Crippen molar-refractivity contribution < 1.29 is 9.47 Å². The molecule has 1 atom stereocenters. The fraction of sp³-hybridized carbons (Fsp3) is 0.400. The summed E-state index contributed by atoms with van der Waals surface area (Å²) in [5.74, 6) is 0.732. The fourth-order valence-electron chi connectivity index (χ4n) is 1.05. The highest BCUT2D eigenvalue weighted by molar-refractivity contribution is 5.20. The maximum absolute atomic E-state index is 8.28. The van der Waals surface area contributed by atoms with Crippen LogP contribution in [0, 0.1) is 0 Å². The van der Waals surface area contributed by atoms with E-state index in [1.165, 1.54) is 0 Å². The number of rotatable bonds is 6. The molecule has 0 saturated heterocycles. The van der Waals surface area contributed by atoms with Gasteiger partial charge in [-0.15, -0.1) is 0 Å². The molecule has 80 valence electrons. The first-order valence-electron chi connectivity index (χ1n) is 4.70. The second kappa shape index (κ2) is 6.70. The van der Waals surface area contributed by atoms with Crippen LogP contribution >= 0.6 is 0 Å². The minimum atomic E-state index is -0.569. The van der Waals surface area contributed by atoms with Crippen LogP contribution in [0.2, 0.25) is 0 Å². The molecule has 0 aliphatic carbocycles. The van der Waals surface area contributed by atoms with E-state index in [1.807, 2.05) is 37.3 Å². The number of hydrogen-bond acceptors (Lipinski definition) is 3. The quantitative estimate of drug-likeness (QED) is 0.409. The third kappa shape index (κ3) is 4.35. The Morgan fingerprint density at radius 3 is 2.73 bits per heavy atom. The number of para-hydroxylation sites is 1. The van der Waals surface area contributed by atoms with Crippen LogP contribution in [-0.4, -0.2) is 19.4 Å². The van der Waals surface area contributed by atoms with Crippen LogP contribution in [0.1, 0.15) is 6.92 Å². The van der Waals surface area contributed by atoms with E-state index in [9.17, 15) is 0 Å². The molecular weight excluding hydrogens is 194 g/mol. The normalized spacial score (nSPS) is 11.5. The molecule has 0 aliphatic heterocycles. The molecule has 1 aromatic rings. The summed E-state index contributed by atoms with van der Waals surface area (Å²) >= 11 is 0. The Kier molecular flexibility index (Phi) is 5.08. The lowest BCUT2D eigenvalue weighted by atomic mass is 10.3. The molecular formula is C10H13N3O2. The summed E-state index contributed by atoms with van der Waals surface area (Å²) in [5, 5.41) is 3.46. The van der Waals surface area contributed by atoms with Crippen LogP contribution in [0.4, 0.5) is 0 Å². The van der Waals surface area contributed by atoms with Gasteiger partial charge in [-0.2, -0.15) is 0 Å². The van der Waals surface area contributed by atoms with E-state index in [2.05, 4.69) is 10.0 Å². The van der Waals surface area contributed by atoms with Crippen LogP contribution in [0.5, 0.6) is 5.75 Å². The van der Waals surface area contributed by atoms with Crippen molar-refractivity contribution in [1.29, 1.82) is 0 Å². The monoisotopic (exact) mass is 207 g/mol. The third-order valence-corrected chi connectivity index (χ3v) is 1.68. The molecule has 5 nitrogen and oxygen atoms in total. The lowest BCUT2D eigenvalue weighted by Crippen LogP contribution is -2.18. The minimum absolute atomic E-state index is 0.224. The van der Waals surface area contributed by atoms with E-state index >= 15 is 0 Å². The Bertz CT molecular complexity index is 323. The van der Waals surface area contributed by atoms with Crippen LogP contribution < -0.4 is 4.74 Å². The van der Waals surface area contributed by atoms with Gasteiger partial charge in [0.25, 0.3) is 0 Å². The molecule has 1 rings (SSSR count). The van der Waals surface area contributed by atoms with Gasteiger partial charge in [0.15, 0.2) is 6.23 Å². The lowest BCUT2D eigenvalue weighted by molar-refractivity contribution is 0.0325. The van der Waals surface area contributed by atoms with Crippen molar-refractivity contribution in [3.63, 3.8) is 0 Å². The number of nitrogens with zero attached hydrogens (tertiary/aromatic N) is 3. The topological polar surface area (TPSA) is 67.2 Å². The molecule has 0 heterocycles. The Morgan fingerprint density at radius 2 is 2.13 bits per heavy atom. The molecule has 0 radical (unpaired) electrons. The first-order chi connectivity index (χ1) is 7.36. The van der Waals surface area contributed by atoms with Crippen molar-refractivity contribution in [2.75, 3.05) is 13.2 Å². The summed E-state index contributed by atoms with van der Waals surface area (Å²) in [6.45, 7) is 2.55. The number of ether oxygens (including phenoxy) is 2. The van der Waals surface area contributed by atoms with Gasteiger partial charge in [0, 0.05) is 11.5 Å². The van der Waals surface area contributed by atoms with E-state index in [1.54, 1.807) is 0 Å². The maximum atomic E-state index is 8.28. The molecule has 15 heavy (non-hydrogen) atoms. The third-order valence-electron chi connectivity index (χ3n) is 1.68. The molecule has 0 amide bonds. The van der Waals surface area contributed by atoms with Gasteiger partial charge in [-0.1, -0.05) is 23.3 Å². The van der Waals surface area contributed by atoms with Gasteiger partial charge in [-0.3, -0.25) is 0 Å². The predicted molar refractivity (Wildman–Crippen MR) is 56.5 cm³/mol. The van der Waals surface area contributed by atoms with Crippen molar-refractivity contribution in [1.82, 2.24) is 0 Å². The molecule has 0 aromatic heterocycles. The standard InChI is InChI=1S/C10H13N3O2/c1-2-14-10(12-13-11)8-15-9-6-4-3-5-7-9/h3-7,10H,2,8H2,1H3. The summed E-state index contributed by atoms with van der Waals surface area (Å²) in [5.41, 5.74) is 8.28. The number of hydrogen-bond donors (Lipinski definition) is 0. The Morgan fingerprint density at radius 1 is 1.40 bits per heavy atom. The van der Waals surface area contributed by atoms with Crippen molar-refractivity contribution in [2.24, 2.45) is 5.11 Å². The largest absolute Gasteiger partial charge is 0.491 e. The summed E-state index contributed by atoms with van der Waals surface area (Å²) in [4.78, 5) is 2.69. The zero-order chi connectivity index (χ0) is 10.9. The molecule has 0 saturated carbocycles. The van der Waals surface area contributed by atoms with Crippen molar-refractivity contribution in [3.8, 4) is 5.75 Å². The molecule has 0 bridgehead atoms. The van der Waals surface area contributed by atoms with E-state index in [4.69, 9.17) is 15.0 Å². The summed E-state index contributed by atoms with van der Waals surface area (Å²) in [7, 11) is 0. The van der Waals surface area contributed by atoms with Gasteiger partial charge in [-0.05, 0) is 24.6 Å². The maximum Gasteiger partial charge on any atom is 0.170 e. The Balaban J connectivity index is 2.43. The fourth-order valence-corrected chi connectivity index (χ4v) is 1.05. The minimum Gasteiger partial charge on any atom is -0.491 e. The zero-order valence-corrected chi connectivity index (χ0v) is 8.54. The van der Waals surface area contributed by atoms with Gasteiger partial charge in [-0.25, -0.2) is 0 Å². The first kappa shape index (κ1) is 11.4. The van der Waals surface area contributed by atoms with Crippen LogP contribution in [0.3, 0.4) is 0 Å². The van der Waals surface area contributed by atoms with Gasteiger partial charge >= 0.3 is 0 Å². The highest BCUT2D eigenvalue weighted by Gasteiger charge is 2.05. The SMILES string of the molecule is CCOC(COc1ccccc1)N=[N+]=[N-]. The molecule has 1 unspecified atom stereocenters. The highest BCUT2D eigenvalue weighted by atomic mass is 16.5. The summed E-state index contributed by atoms with van der Waals surface area (Å²) in [6.07, 6.45) is -0.569. The van der Waals surface area contributed by atoms with Crippen molar-refractivity contribution >= 4 is 0 Å². The highest BCUT2D eigenvalue weighted by Crippen LogP contribution is 2.09. The number of benzene rings is 1. The van der Waals surface area contributed by atoms with Gasteiger partial charge in [0.2, 0.25) is 0 Å². The van der Waals surface area contributed by atoms with E-state index in [0.29, 0.717) is 6.61 Å². The van der Waals surface area contributed by atoms with Gasteiger partial charge in [0.05, 0.1) is 0 Å². The second-order valence-electron chi connectivity index (χ2n) is 2.74. The van der Waals surface area contributed by atoms with Crippen LogP contribution in [-0.2, 0) is 4.74 Å². The molecule has 0 spiro atoms. The molecule has 5 heteroatoms. The average Bonchev–Trinajstić information content (AvgIpc) is 2.28. The van der Waals surface area contributed by atoms with E-state index < -0.39 is 6.23 Å². The molecule has 1 aromatic carbocycles. The number of azide groups is 1. The van der Waals surface area contributed by atoms with Gasteiger partial charge in [0.1, 0.15) is 12.4 Å². The second-order valence-corrected chi connectivity index (χ2v) is 2.74. The average molecular weight is 207 g/mol. The van der Waals surface area contributed by atoms with Crippen LogP contribution in [0.25, 0.3) is 10.4 Å². The molecule has 0 fully saturated rings. The van der Waals surface area contributed by atoms with Crippen molar-refractivity contribution in [3.05, 3.63) is 40.8 Å². The van der Waals surface area contributed by atoms with Gasteiger partial charge < -0.3 is 9.47 Å². The summed E-state index contributed by atoms with van der Waals surface area (Å²) in [6, 6.07) is 9.32. The molecule has 0 aliphatic rings. The Hall–Kier alpha value is -1.71. The van der Waals surface area contributed by atoms with Crippen LogP contribution in [0.15, 0.2) is 35.4 Å². The lowest BCUT2D eigenvalue weighted by Gasteiger charge is -2.12. The Labute approximate surface area is 88.3 Å². The first-order valence-corrected chi connectivity index (χ1v) is 4.70. The smallest absolute Gasteiger partial charge is 0.170 e. The predicted octanol–water partition coefficient (Wildman–Crippen LogP) is 2.74. The zero-order valence-electron chi connectivity index (χ0n) is 8.54. The van der Waals surface area contributed by atoms with E-state index in [-0.39, 0.29) is 6.61 Å². The summed E-state index contributed by atoms with van der Waals surface area (Å²) < 4.78 is 10.5.